The van der Waals surface area contributed by atoms with Crippen LogP contribution < -0.4 is 0 Å². The van der Waals surface area contributed by atoms with Crippen molar-refractivity contribution >= 4 is 45.8 Å². The van der Waals surface area contributed by atoms with Crippen LogP contribution in [-0.4, -0.2) is 40.0 Å². The fourth-order valence-electron chi connectivity index (χ4n) is 2.79. The van der Waals surface area contributed by atoms with Gasteiger partial charge in [-0.3, -0.25) is 10.2 Å². The highest BCUT2D eigenvalue weighted by Gasteiger charge is 2.35. The van der Waals surface area contributed by atoms with E-state index in [0.29, 0.717) is 28.7 Å². The van der Waals surface area contributed by atoms with Gasteiger partial charge in [0.05, 0.1) is 18.2 Å². The fourth-order valence-corrected chi connectivity index (χ4v) is 3.62. The Hall–Kier alpha value is -3.46. The van der Waals surface area contributed by atoms with Gasteiger partial charge in [-0.2, -0.15) is 15.1 Å². The molecule has 2 aromatic rings. The second-order valence-electron chi connectivity index (χ2n) is 6.14. The Morgan fingerprint density at radius 2 is 2.03 bits per heavy atom. The lowest BCUT2D eigenvalue weighted by Gasteiger charge is -2.19. The standard InChI is InChI=1S/C20H16N4O4S/c1-3-16-23-24-17(21)14(18(25)22-20(24)29-16)10-13-8-9-15(28-13)11-4-6-12(7-5-11)19(26)27-2/h4-10,21H,3H2,1-2H3/b14-10-,21-17?. The molecule has 0 aliphatic carbocycles. The molecule has 1 aromatic carbocycles. The lowest BCUT2D eigenvalue weighted by molar-refractivity contribution is -0.114. The Morgan fingerprint density at radius 3 is 2.72 bits per heavy atom. The number of amidine groups is 2. The molecule has 3 heterocycles. The summed E-state index contributed by atoms with van der Waals surface area (Å²) in [4.78, 5) is 27.9. The molecule has 0 radical (unpaired) electrons. The number of hydrazone groups is 1. The summed E-state index contributed by atoms with van der Waals surface area (Å²) in [6, 6.07) is 10.2. The van der Waals surface area contributed by atoms with E-state index in [1.165, 1.54) is 30.0 Å². The molecule has 146 valence electrons. The number of carbonyl (C=O) groups excluding carboxylic acids is 2. The van der Waals surface area contributed by atoms with E-state index in [0.717, 1.165) is 10.6 Å². The summed E-state index contributed by atoms with van der Waals surface area (Å²) < 4.78 is 10.5. The number of amides is 1. The number of nitrogens with one attached hydrogen (secondary N) is 1. The van der Waals surface area contributed by atoms with Gasteiger partial charge >= 0.3 is 5.97 Å². The van der Waals surface area contributed by atoms with Gasteiger partial charge in [0.25, 0.3) is 5.91 Å². The van der Waals surface area contributed by atoms with Crippen molar-refractivity contribution in [2.45, 2.75) is 13.3 Å². The van der Waals surface area contributed by atoms with E-state index in [1.807, 2.05) is 6.92 Å². The third-order valence-electron chi connectivity index (χ3n) is 4.30. The van der Waals surface area contributed by atoms with Gasteiger partial charge in [0, 0.05) is 5.56 Å². The number of hydrogen-bond donors (Lipinski definition) is 1. The van der Waals surface area contributed by atoms with E-state index in [9.17, 15) is 9.59 Å². The first-order valence-corrected chi connectivity index (χ1v) is 9.59. The van der Waals surface area contributed by atoms with E-state index in [4.69, 9.17) is 9.83 Å². The third kappa shape index (κ3) is 3.52. The van der Waals surface area contributed by atoms with Crippen LogP contribution in [-0.2, 0) is 9.53 Å². The molecule has 9 heteroatoms. The molecule has 1 amide bonds. The number of carbonyl (C=O) groups is 2. The largest absolute Gasteiger partial charge is 0.465 e. The summed E-state index contributed by atoms with van der Waals surface area (Å²) in [5, 5.41) is 15.2. The summed E-state index contributed by atoms with van der Waals surface area (Å²) in [5.74, 6) is 0.0354. The number of thioether (sulfide) groups is 1. The van der Waals surface area contributed by atoms with Gasteiger partial charge < -0.3 is 9.15 Å². The summed E-state index contributed by atoms with van der Waals surface area (Å²) in [5.41, 5.74) is 1.31. The Balaban J connectivity index is 1.59. The molecule has 0 unspecified atom stereocenters. The van der Waals surface area contributed by atoms with Crippen LogP contribution in [0.5, 0.6) is 0 Å². The number of ether oxygens (including phenoxy) is 1. The Bertz CT molecular complexity index is 1110. The zero-order chi connectivity index (χ0) is 20.5. The Labute approximate surface area is 170 Å². The number of hydrogen-bond acceptors (Lipinski definition) is 7. The highest BCUT2D eigenvalue weighted by molar-refractivity contribution is 8.26. The van der Waals surface area contributed by atoms with E-state index in [1.54, 1.807) is 36.4 Å². The first-order valence-electron chi connectivity index (χ1n) is 8.78. The minimum Gasteiger partial charge on any atom is -0.465 e. The van der Waals surface area contributed by atoms with Crippen molar-refractivity contribution in [3.05, 3.63) is 53.3 Å². The minimum absolute atomic E-state index is 0.0312. The molecule has 8 nitrogen and oxygen atoms in total. The molecule has 2 aliphatic rings. The molecule has 0 saturated heterocycles. The Morgan fingerprint density at radius 1 is 1.28 bits per heavy atom. The highest BCUT2D eigenvalue weighted by Crippen LogP contribution is 2.30. The predicted molar refractivity (Wildman–Crippen MR) is 111 cm³/mol. The number of methoxy groups -OCH3 is 1. The van der Waals surface area contributed by atoms with Crippen molar-refractivity contribution in [1.82, 2.24) is 5.01 Å². The van der Waals surface area contributed by atoms with Crippen LogP contribution in [0, 0.1) is 5.41 Å². The smallest absolute Gasteiger partial charge is 0.337 e. The first kappa shape index (κ1) is 18.9. The zero-order valence-corrected chi connectivity index (χ0v) is 16.4. The molecule has 0 spiro atoms. The number of esters is 1. The average molecular weight is 408 g/mol. The lowest BCUT2D eigenvalue weighted by atomic mass is 10.1. The van der Waals surface area contributed by atoms with E-state index < -0.39 is 11.9 Å². The molecule has 2 aliphatic heterocycles. The fraction of sp³-hybridized carbons (Fsp3) is 0.150. The van der Waals surface area contributed by atoms with E-state index in [-0.39, 0.29) is 11.4 Å². The van der Waals surface area contributed by atoms with Crippen molar-refractivity contribution in [2.24, 2.45) is 10.1 Å². The second kappa shape index (κ2) is 7.51. The van der Waals surface area contributed by atoms with Crippen LogP contribution in [0.2, 0.25) is 0 Å². The molecule has 29 heavy (non-hydrogen) atoms. The maximum absolute atomic E-state index is 12.4. The third-order valence-corrected chi connectivity index (χ3v) is 5.36. The van der Waals surface area contributed by atoms with Crippen LogP contribution in [0.1, 0.15) is 29.5 Å². The topological polar surface area (TPSA) is 108 Å². The van der Waals surface area contributed by atoms with Crippen LogP contribution in [0.25, 0.3) is 17.4 Å². The van der Waals surface area contributed by atoms with Gasteiger partial charge in [0.15, 0.2) is 5.84 Å². The molecule has 0 bridgehead atoms. The van der Waals surface area contributed by atoms with Gasteiger partial charge in [0.2, 0.25) is 5.17 Å². The van der Waals surface area contributed by atoms with Crippen LogP contribution in [0.15, 0.2) is 56.5 Å². The maximum Gasteiger partial charge on any atom is 0.337 e. The normalized spacial score (nSPS) is 17.3. The number of nitrogens with zero attached hydrogens (tertiary/aromatic N) is 3. The summed E-state index contributed by atoms with van der Waals surface area (Å²) in [6.45, 7) is 1.95. The van der Waals surface area contributed by atoms with Gasteiger partial charge in [-0.05, 0) is 48.5 Å². The zero-order valence-electron chi connectivity index (χ0n) is 15.6. The molecular formula is C20H16N4O4S. The van der Waals surface area contributed by atoms with Crippen LogP contribution in [0.3, 0.4) is 0 Å². The number of rotatable bonds is 4. The molecule has 1 aromatic heterocycles. The lowest BCUT2D eigenvalue weighted by Crippen LogP contribution is -2.35. The second-order valence-corrected chi connectivity index (χ2v) is 7.18. The molecule has 0 atom stereocenters. The average Bonchev–Trinajstić information content (AvgIpc) is 3.37. The summed E-state index contributed by atoms with van der Waals surface area (Å²) in [6.07, 6.45) is 2.19. The van der Waals surface area contributed by atoms with E-state index in [2.05, 4.69) is 14.8 Å². The summed E-state index contributed by atoms with van der Waals surface area (Å²) >= 11 is 1.30. The van der Waals surface area contributed by atoms with Crippen molar-refractivity contribution < 1.29 is 18.7 Å². The molecule has 1 N–H and O–H groups in total. The van der Waals surface area contributed by atoms with Crippen molar-refractivity contribution in [1.29, 1.82) is 5.41 Å². The van der Waals surface area contributed by atoms with Gasteiger partial charge in [-0.25, -0.2) is 4.79 Å². The number of benzene rings is 1. The van der Waals surface area contributed by atoms with Crippen molar-refractivity contribution in [3.8, 4) is 11.3 Å². The number of aliphatic imine (C=N–C) groups is 1. The highest BCUT2D eigenvalue weighted by atomic mass is 32.2. The van der Waals surface area contributed by atoms with Gasteiger partial charge in [0.1, 0.15) is 16.6 Å². The quantitative estimate of drug-likeness (QED) is 0.609. The number of furan rings is 1. The monoisotopic (exact) mass is 408 g/mol. The van der Waals surface area contributed by atoms with E-state index >= 15 is 0 Å². The van der Waals surface area contributed by atoms with Crippen LogP contribution in [0.4, 0.5) is 0 Å². The SMILES string of the molecule is CCC1=NN2C(=N)/C(=C/c3ccc(-c4ccc(C(=O)OC)cc4)o3)C(=O)N=C2S1. The summed E-state index contributed by atoms with van der Waals surface area (Å²) in [7, 11) is 1.33. The number of fused-ring (bicyclic) bond motifs is 1. The minimum atomic E-state index is -0.498. The van der Waals surface area contributed by atoms with Gasteiger partial charge in [-0.1, -0.05) is 19.1 Å². The molecule has 4 rings (SSSR count). The van der Waals surface area contributed by atoms with Crippen molar-refractivity contribution in [3.63, 3.8) is 0 Å². The van der Waals surface area contributed by atoms with Crippen molar-refractivity contribution in [2.75, 3.05) is 7.11 Å². The van der Waals surface area contributed by atoms with Gasteiger partial charge in [-0.15, -0.1) is 0 Å². The predicted octanol–water partition coefficient (Wildman–Crippen LogP) is 3.76. The van der Waals surface area contributed by atoms with Crippen LogP contribution >= 0.6 is 11.8 Å². The Kier molecular flexibility index (Phi) is 4.89. The first-order chi connectivity index (χ1) is 14.0. The molecular weight excluding hydrogens is 392 g/mol. The molecule has 0 fully saturated rings. The maximum atomic E-state index is 12.4. The molecule has 0 saturated carbocycles.